The number of carbonyl (C=O) groups excluding carboxylic acids is 1. The van der Waals surface area contributed by atoms with Crippen LogP contribution in [0.25, 0.3) is 0 Å². The van der Waals surface area contributed by atoms with Gasteiger partial charge >= 0.3 is 0 Å². The molecular formula is C11H11Cl2N5O. The lowest BCUT2D eigenvalue weighted by molar-refractivity contribution is 0.0748. The number of carbonyl (C=O) groups is 1. The first kappa shape index (κ1) is 13.8. The highest BCUT2D eigenvalue weighted by Crippen LogP contribution is 2.22. The highest BCUT2D eigenvalue weighted by molar-refractivity contribution is 6.36. The minimum atomic E-state index is -0.200. The van der Waals surface area contributed by atoms with Gasteiger partial charge in [0.15, 0.2) is 5.82 Å². The summed E-state index contributed by atoms with van der Waals surface area (Å²) < 4.78 is 0. The van der Waals surface area contributed by atoms with Gasteiger partial charge < -0.3 is 4.90 Å². The van der Waals surface area contributed by atoms with Crippen LogP contribution in [0.4, 0.5) is 0 Å². The van der Waals surface area contributed by atoms with E-state index in [9.17, 15) is 4.79 Å². The van der Waals surface area contributed by atoms with Crippen LogP contribution < -0.4 is 0 Å². The molecular weight excluding hydrogens is 289 g/mol. The summed E-state index contributed by atoms with van der Waals surface area (Å²) in [6.45, 7) is 2.64. The van der Waals surface area contributed by atoms with E-state index in [-0.39, 0.29) is 12.5 Å². The Morgan fingerprint density at radius 3 is 2.79 bits per heavy atom. The Balaban J connectivity index is 2.20. The van der Waals surface area contributed by atoms with Crippen molar-refractivity contribution in [3.05, 3.63) is 39.6 Å². The van der Waals surface area contributed by atoms with E-state index in [0.29, 0.717) is 28.0 Å². The Labute approximate surface area is 119 Å². The van der Waals surface area contributed by atoms with Crippen molar-refractivity contribution in [1.82, 2.24) is 25.5 Å². The van der Waals surface area contributed by atoms with Crippen molar-refractivity contribution < 1.29 is 4.79 Å². The van der Waals surface area contributed by atoms with Crippen molar-refractivity contribution in [1.29, 1.82) is 0 Å². The number of tetrazole rings is 1. The molecule has 1 amide bonds. The molecule has 1 aromatic carbocycles. The second-order valence-corrected chi connectivity index (χ2v) is 4.62. The number of amides is 1. The predicted molar refractivity (Wildman–Crippen MR) is 71.1 cm³/mol. The number of hydrogen-bond donors (Lipinski definition) is 1. The molecule has 0 radical (unpaired) electrons. The SMILES string of the molecule is CCN(Cc1nn[nH]n1)C(=O)c1ccc(Cl)cc1Cl. The number of benzene rings is 1. The van der Waals surface area contributed by atoms with Crippen LogP contribution >= 0.6 is 23.2 Å². The van der Waals surface area contributed by atoms with Crippen molar-refractivity contribution in [2.45, 2.75) is 13.5 Å². The smallest absolute Gasteiger partial charge is 0.255 e. The van der Waals surface area contributed by atoms with E-state index in [0.717, 1.165) is 0 Å². The van der Waals surface area contributed by atoms with Crippen LogP contribution in [0.15, 0.2) is 18.2 Å². The molecule has 0 spiro atoms. The van der Waals surface area contributed by atoms with Gasteiger partial charge in [0.1, 0.15) is 0 Å². The van der Waals surface area contributed by atoms with Crippen LogP contribution in [0, 0.1) is 0 Å². The third kappa shape index (κ3) is 3.21. The van der Waals surface area contributed by atoms with Gasteiger partial charge in [-0.3, -0.25) is 4.79 Å². The minimum Gasteiger partial charge on any atom is -0.331 e. The molecule has 19 heavy (non-hydrogen) atoms. The zero-order chi connectivity index (χ0) is 13.8. The van der Waals surface area contributed by atoms with Crippen LogP contribution in [0.5, 0.6) is 0 Å². The number of hydrogen-bond acceptors (Lipinski definition) is 4. The summed E-state index contributed by atoms with van der Waals surface area (Å²) in [5.74, 6) is 0.245. The molecule has 0 saturated heterocycles. The lowest BCUT2D eigenvalue weighted by Gasteiger charge is -2.19. The maximum Gasteiger partial charge on any atom is 0.255 e. The number of nitrogens with one attached hydrogen (secondary N) is 1. The van der Waals surface area contributed by atoms with Gasteiger partial charge in [0.2, 0.25) is 0 Å². The molecule has 0 aliphatic rings. The normalized spacial score (nSPS) is 10.5. The fraction of sp³-hybridized carbons (Fsp3) is 0.273. The van der Waals surface area contributed by atoms with Crippen LogP contribution in [-0.4, -0.2) is 38.0 Å². The zero-order valence-corrected chi connectivity index (χ0v) is 11.6. The number of aromatic amines is 1. The molecule has 1 N–H and O–H groups in total. The Morgan fingerprint density at radius 1 is 1.42 bits per heavy atom. The number of H-pyrrole nitrogens is 1. The summed E-state index contributed by atoms with van der Waals surface area (Å²) in [6.07, 6.45) is 0. The second kappa shape index (κ2) is 5.99. The van der Waals surface area contributed by atoms with Crippen molar-refractivity contribution in [2.75, 3.05) is 6.54 Å². The van der Waals surface area contributed by atoms with E-state index < -0.39 is 0 Å². The molecule has 8 heteroatoms. The molecule has 0 unspecified atom stereocenters. The van der Waals surface area contributed by atoms with E-state index in [1.807, 2.05) is 6.92 Å². The lowest BCUT2D eigenvalue weighted by Crippen LogP contribution is -2.31. The van der Waals surface area contributed by atoms with Crippen molar-refractivity contribution in [2.24, 2.45) is 0 Å². The molecule has 0 saturated carbocycles. The molecule has 0 aliphatic heterocycles. The lowest BCUT2D eigenvalue weighted by atomic mass is 10.2. The topological polar surface area (TPSA) is 74.8 Å². The Bertz CT molecular complexity index is 572. The molecule has 0 fully saturated rings. The van der Waals surface area contributed by atoms with E-state index in [4.69, 9.17) is 23.2 Å². The summed E-state index contributed by atoms with van der Waals surface area (Å²) in [6, 6.07) is 4.77. The molecule has 1 heterocycles. The third-order valence-electron chi connectivity index (χ3n) is 2.55. The average Bonchev–Trinajstić information content (AvgIpc) is 2.88. The van der Waals surface area contributed by atoms with Crippen molar-refractivity contribution in [3.63, 3.8) is 0 Å². The van der Waals surface area contributed by atoms with Crippen LogP contribution in [-0.2, 0) is 6.54 Å². The third-order valence-corrected chi connectivity index (χ3v) is 3.10. The average molecular weight is 300 g/mol. The van der Waals surface area contributed by atoms with E-state index in [2.05, 4.69) is 20.6 Å². The van der Waals surface area contributed by atoms with Gasteiger partial charge in [-0.1, -0.05) is 28.4 Å². The highest BCUT2D eigenvalue weighted by atomic mass is 35.5. The Hall–Kier alpha value is -1.66. The van der Waals surface area contributed by atoms with E-state index in [1.54, 1.807) is 23.1 Å². The number of aromatic nitrogens is 4. The number of rotatable bonds is 4. The highest BCUT2D eigenvalue weighted by Gasteiger charge is 2.18. The van der Waals surface area contributed by atoms with E-state index >= 15 is 0 Å². The van der Waals surface area contributed by atoms with Crippen LogP contribution in [0.1, 0.15) is 23.1 Å². The first-order valence-electron chi connectivity index (χ1n) is 5.58. The fourth-order valence-electron chi connectivity index (χ4n) is 1.58. The van der Waals surface area contributed by atoms with Gasteiger partial charge in [-0.2, -0.15) is 5.21 Å². The number of nitrogens with zero attached hydrogens (tertiary/aromatic N) is 4. The molecule has 1 aromatic heterocycles. The van der Waals surface area contributed by atoms with Crippen LogP contribution in [0.2, 0.25) is 10.0 Å². The summed E-state index contributed by atoms with van der Waals surface area (Å²) in [7, 11) is 0. The maximum atomic E-state index is 12.3. The number of halogens is 2. The first-order chi connectivity index (χ1) is 9.11. The standard InChI is InChI=1S/C11H11Cl2N5O/c1-2-18(6-10-14-16-17-15-10)11(19)8-4-3-7(12)5-9(8)13/h3-5H,2,6H2,1H3,(H,14,15,16,17). The maximum absolute atomic E-state index is 12.3. The van der Waals surface area contributed by atoms with Gasteiger partial charge in [-0.25, -0.2) is 0 Å². The van der Waals surface area contributed by atoms with Gasteiger partial charge in [0.25, 0.3) is 5.91 Å². The summed E-state index contributed by atoms with van der Waals surface area (Å²) in [5, 5.41) is 14.3. The molecule has 100 valence electrons. The van der Waals surface area contributed by atoms with Crippen molar-refractivity contribution in [3.8, 4) is 0 Å². The molecule has 0 atom stereocenters. The predicted octanol–water partition coefficient (Wildman–Crippen LogP) is 2.17. The zero-order valence-electron chi connectivity index (χ0n) is 10.1. The Kier molecular flexibility index (Phi) is 4.34. The van der Waals surface area contributed by atoms with E-state index in [1.165, 1.54) is 0 Å². The molecule has 6 nitrogen and oxygen atoms in total. The van der Waals surface area contributed by atoms with Crippen LogP contribution in [0.3, 0.4) is 0 Å². The fourth-order valence-corrected chi connectivity index (χ4v) is 2.07. The summed E-state index contributed by atoms with van der Waals surface area (Å²) in [4.78, 5) is 13.9. The van der Waals surface area contributed by atoms with Gasteiger partial charge in [-0.15, -0.1) is 10.2 Å². The monoisotopic (exact) mass is 299 g/mol. The molecule has 0 aliphatic carbocycles. The summed E-state index contributed by atoms with van der Waals surface area (Å²) in [5.41, 5.74) is 0.399. The van der Waals surface area contributed by atoms with Gasteiger partial charge in [-0.05, 0) is 25.1 Å². The minimum absolute atomic E-state index is 0.200. The molecule has 2 aromatic rings. The molecule has 0 bridgehead atoms. The second-order valence-electron chi connectivity index (χ2n) is 3.77. The van der Waals surface area contributed by atoms with Gasteiger partial charge in [0.05, 0.1) is 17.1 Å². The summed E-state index contributed by atoms with van der Waals surface area (Å²) >= 11 is 11.8. The van der Waals surface area contributed by atoms with Gasteiger partial charge in [0, 0.05) is 11.6 Å². The Morgan fingerprint density at radius 2 is 2.21 bits per heavy atom. The largest absolute Gasteiger partial charge is 0.331 e. The quantitative estimate of drug-likeness (QED) is 0.939. The van der Waals surface area contributed by atoms with Crippen molar-refractivity contribution >= 4 is 29.1 Å². The first-order valence-corrected chi connectivity index (χ1v) is 6.34. The molecule has 2 rings (SSSR count).